The molecule has 7 heteroatoms. The largest absolute Gasteiger partial charge is 0.495 e. The lowest BCUT2D eigenvalue weighted by Gasteiger charge is -2.20. The third-order valence-electron chi connectivity index (χ3n) is 3.20. The van der Waals surface area contributed by atoms with Gasteiger partial charge in [-0.1, -0.05) is 6.07 Å². The van der Waals surface area contributed by atoms with Crippen molar-refractivity contribution in [2.45, 2.75) is 24.4 Å². The highest BCUT2D eigenvalue weighted by Gasteiger charge is 2.20. The molecule has 0 spiro atoms. The molecule has 6 nitrogen and oxygen atoms in total. The van der Waals surface area contributed by atoms with Gasteiger partial charge in [-0.25, -0.2) is 13.1 Å². The van der Waals surface area contributed by atoms with Crippen LogP contribution in [0.3, 0.4) is 0 Å². The number of likely N-dealkylation sites (N-methyl/N-ethyl adjacent to an activating group) is 1. The average molecular weight is 301 g/mol. The van der Waals surface area contributed by atoms with E-state index in [2.05, 4.69) is 4.72 Å². The molecule has 0 bridgehead atoms. The van der Waals surface area contributed by atoms with Crippen LogP contribution in [-0.2, 0) is 16.6 Å². The summed E-state index contributed by atoms with van der Waals surface area (Å²) in [7, 11) is 1.64. The first-order chi connectivity index (χ1) is 9.31. The lowest BCUT2D eigenvalue weighted by Crippen LogP contribution is -2.38. The highest BCUT2D eigenvalue weighted by atomic mass is 32.2. The van der Waals surface area contributed by atoms with Crippen LogP contribution in [0.1, 0.15) is 12.5 Å². The zero-order valence-corrected chi connectivity index (χ0v) is 13.2. The monoisotopic (exact) mass is 301 g/mol. The van der Waals surface area contributed by atoms with Gasteiger partial charge >= 0.3 is 0 Å². The fourth-order valence-electron chi connectivity index (χ4n) is 1.55. The quantitative estimate of drug-likeness (QED) is 0.761. The van der Waals surface area contributed by atoms with Crippen molar-refractivity contribution >= 4 is 10.0 Å². The van der Waals surface area contributed by atoms with Crippen LogP contribution in [0.2, 0.25) is 0 Å². The van der Waals surface area contributed by atoms with E-state index in [1.165, 1.54) is 13.2 Å². The fourth-order valence-corrected chi connectivity index (χ4v) is 2.82. The van der Waals surface area contributed by atoms with Gasteiger partial charge in [0.1, 0.15) is 10.6 Å². The van der Waals surface area contributed by atoms with E-state index in [9.17, 15) is 8.42 Å². The van der Waals surface area contributed by atoms with E-state index >= 15 is 0 Å². The van der Waals surface area contributed by atoms with Crippen molar-refractivity contribution in [1.29, 1.82) is 0 Å². The van der Waals surface area contributed by atoms with Gasteiger partial charge in [-0.15, -0.1) is 0 Å². The SMILES string of the molecule is COc1cc(CN)ccc1S(=O)(=O)NCC(C)N(C)C. The predicted molar refractivity (Wildman–Crippen MR) is 79.2 cm³/mol. The summed E-state index contributed by atoms with van der Waals surface area (Å²) in [6, 6.07) is 4.94. The smallest absolute Gasteiger partial charge is 0.244 e. The molecule has 1 aromatic carbocycles. The summed E-state index contributed by atoms with van der Waals surface area (Å²) in [5.74, 6) is 0.304. The van der Waals surface area contributed by atoms with Gasteiger partial charge in [-0.05, 0) is 38.7 Å². The van der Waals surface area contributed by atoms with Crippen molar-refractivity contribution in [3.05, 3.63) is 23.8 Å². The minimum atomic E-state index is -3.60. The van der Waals surface area contributed by atoms with Gasteiger partial charge in [0.05, 0.1) is 7.11 Å². The van der Waals surface area contributed by atoms with Crippen molar-refractivity contribution in [3.8, 4) is 5.75 Å². The number of ether oxygens (including phenoxy) is 1. The highest BCUT2D eigenvalue weighted by molar-refractivity contribution is 7.89. The molecule has 0 saturated heterocycles. The van der Waals surface area contributed by atoms with E-state index in [1.807, 2.05) is 25.9 Å². The minimum Gasteiger partial charge on any atom is -0.495 e. The Morgan fingerprint density at radius 3 is 2.55 bits per heavy atom. The summed E-state index contributed by atoms with van der Waals surface area (Å²) in [4.78, 5) is 2.07. The molecular formula is C13H23N3O3S. The Kier molecular flexibility index (Phi) is 5.94. The molecule has 0 aliphatic rings. The third kappa shape index (κ3) is 4.17. The summed E-state index contributed by atoms with van der Waals surface area (Å²) < 4.78 is 32.3. The summed E-state index contributed by atoms with van der Waals surface area (Å²) >= 11 is 0. The molecule has 1 atom stereocenters. The summed E-state index contributed by atoms with van der Waals surface area (Å²) in [6.07, 6.45) is 0. The van der Waals surface area contributed by atoms with Gasteiger partial charge in [0.2, 0.25) is 10.0 Å². The van der Waals surface area contributed by atoms with Crippen molar-refractivity contribution < 1.29 is 13.2 Å². The van der Waals surface area contributed by atoms with Gasteiger partial charge in [0.25, 0.3) is 0 Å². The first-order valence-electron chi connectivity index (χ1n) is 6.35. The number of benzene rings is 1. The number of hydrogen-bond donors (Lipinski definition) is 2. The molecule has 0 radical (unpaired) electrons. The number of sulfonamides is 1. The molecule has 114 valence electrons. The molecule has 0 aliphatic heterocycles. The molecule has 20 heavy (non-hydrogen) atoms. The molecule has 0 heterocycles. The van der Waals surface area contributed by atoms with Gasteiger partial charge in [0.15, 0.2) is 0 Å². The van der Waals surface area contributed by atoms with E-state index in [0.29, 0.717) is 18.8 Å². The maximum Gasteiger partial charge on any atom is 0.244 e. The molecule has 1 aromatic rings. The van der Waals surface area contributed by atoms with Gasteiger partial charge in [-0.3, -0.25) is 0 Å². The average Bonchev–Trinajstić information content (AvgIpc) is 2.43. The number of hydrogen-bond acceptors (Lipinski definition) is 5. The first kappa shape index (κ1) is 16.9. The lowest BCUT2D eigenvalue weighted by atomic mass is 10.2. The maximum atomic E-state index is 12.3. The maximum absolute atomic E-state index is 12.3. The molecule has 0 fully saturated rings. The number of methoxy groups -OCH3 is 1. The fraction of sp³-hybridized carbons (Fsp3) is 0.538. The third-order valence-corrected chi connectivity index (χ3v) is 4.67. The second-order valence-corrected chi connectivity index (χ2v) is 6.59. The van der Waals surface area contributed by atoms with Crippen LogP contribution >= 0.6 is 0 Å². The van der Waals surface area contributed by atoms with Crippen LogP contribution < -0.4 is 15.2 Å². The number of nitrogens with zero attached hydrogens (tertiary/aromatic N) is 1. The van der Waals surface area contributed by atoms with Crippen LogP contribution in [0.15, 0.2) is 23.1 Å². The highest BCUT2D eigenvalue weighted by Crippen LogP contribution is 2.24. The van der Waals surface area contributed by atoms with Crippen molar-refractivity contribution in [3.63, 3.8) is 0 Å². The van der Waals surface area contributed by atoms with Crippen LogP contribution in [0.4, 0.5) is 0 Å². The van der Waals surface area contributed by atoms with Crippen molar-refractivity contribution in [1.82, 2.24) is 9.62 Å². The van der Waals surface area contributed by atoms with Crippen LogP contribution in [0.5, 0.6) is 5.75 Å². The Labute approximate surface area is 121 Å². The second kappa shape index (κ2) is 7.03. The zero-order chi connectivity index (χ0) is 15.3. The molecule has 1 rings (SSSR count). The Hall–Kier alpha value is -1.15. The minimum absolute atomic E-state index is 0.0964. The molecule has 0 saturated carbocycles. The molecule has 0 aliphatic carbocycles. The van der Waals surface area contributed by atoms with Crippen molar-refractivity contribution in [2.75, 3.05) is 27.7 Å². The number of nitrogens with two attached hydrogens (primary N) is 1. The van der Waals surface area contributed by atoms with Crippen LogP contribution in [0.25, 0.3) is 0 Å². The van der Waals surface area contributed by atoms with Crippen LogP contribution in [0, 0.1) is 0 Å². The zero-order valence-electron chi connectivity index (χ0n) is 12.4. The topological polar surface area (TPSA) is 84.7 Å². The van der Waals surface area contributed by atoms with Gasteiger partial charge in [0, 0.05) is 19.1 Å². The van der Waals surface area contributed by atoms with E-state index in [-0.39, 0.29) is 10.9 Å². The molecule has 3 N–H and O–H groups in total. The van der Waals surface area contributed by atoms with E-state index in [1.54, 1.807) is 12.1 Å². The molecule has 0 amide bonds. The van der Waals surface area contributed by atoms with E-state index in [0.717, 1.165) is 5.56 Å². The van der Waals surface area contributed by atoms with E-state index in [4.69, 9.17) is 10.5 Å². The number of rotatable bonds is 7. The normalized spacial score (nSPS) is 13.5. The second-order valence-electron chi connectivity index (χ2n) is 4.85. The molecule has 1 unspecified atom stereocenters. The first-order valence-corrected chi connectivity index (χ1v) is 7.83. The predicted octanol–water partition coefficient (Wildman–Crippen LogP) is 0.382. The Bertz CT molecular complexity index is 544. The van der Waals surface area contributed by atoms with Crippen LogP contribution in [-0.4, -0.2) is 47.1 Å². The lowest BCUT2D eigenvalue weighted by molar-refractivity contribution is 0.313. The molecular weight excluding hydrogens is 278 g/mol. The standard InChI is InChI=1S/C13H23N3O3S/c1-10(16(2)3)9-15-20(17,18)13-6-5-11(8-14)7-12(13)19-4/h5-7,10,15H,8-9,14H2,1-4H3. The van der Waals surface area contributed by atoms with Crippen molar-refractivity contribution in [2.24, 2.45) is 5.73 Å². The summed E-state index contributed by atoms with van der Waals surface area (Å²) in [5.41, 5.74) is 6.36. The Morgan fingerprint density at radius 1 is 1.40 bits per heavy atom. The summed E-state index contributed by atoms with van der Waals surface area (Å²) in [5, 5.41) is 0. The Balaban J connectivity index is 2.97. The number of nitrogens with one attached hydrogen (secondary N) is 1. The van der Waals surface area contributed by atoms with Gasteiger partial charge < -0.3 is 15.4 Å². The van der Waals surface area contributed by atoms with E-state index < -0.39 is 10.0 Å². The van der Waals surface area contributed by atoms with Gasteiger partial charge in [-0.2, -0.15) is 0 Å². The Morgan fingerprint density at radius 2 is 2.05 bits per heavy atom. The summed E-state index contributed by atoms with van der Waals surface area (Å²) in [6.45, 7) is 2.61. The molecule has 0 aromatic heterocycles.